The lowest BCUT2D eigenvalue weighted by Gasteiger charge is -2.32. The first-order chi connectivity index (χ1) is 20.5. The van der Waals surface area contributed by atoms with Crippen LogP contribution in [0.2, 0.25) is 0 Å². The number of nitrogens with one attached hydrogen (secondary N) is 2. The lowest BCUT2D eigenvalue weighted by molar-refractivity contribution is -0.130. The Kier molecular flexibility index (Phi) is 9.76. The summed E-state index contributed by atoms with van der Waals surface area (Å²) in [4.78, 5) is 22.3. The molecule has 1 saturated carbocycles. The van der Waals surface area contributed by atoms with Crippen LogP contribution in [0.1, 0.15) is 47.6 Å². The van der Waals surface area contributed by atoms with E-state index in [4.69, 9.17) is 25.1 Å². The van der Waals surface area contributed by atoms with Crippen molar-refractivity contribution in [1.82, 2.24) is 10.9 Å². The third-order valence-corrected chi connectivity index (χ3v) is 8.15. The van der Waals surface area contributed by atoms with Gasteiger partial charge in [0.1, 0.15) is 5.75 Å². The molecule has 0 saturated heterocycles. The van der Waals surface area contributed by atoms with Crippen LogP contribution < -0.4 is 15.6 Å². The number of carbonyl (C=O) groups is 1. The van der Waals surface area contributed by atoms with Gasteiger partial charge in [0.2, 0.25) is 5.90 Å². The van der Waals surface area contributed by atoms with Gasteiger partial charge in [-0.1, -0.05) is 63.5 Å². The van der Waals surface area contributed by atoms with Crippen molar-refractivity contribution in [3.05, 3.63) is 110 Å². The third-order valence-electron chi connectivity index (χ3n) is 7.38. The van der Waals surface area contributed by atoms with E-state index < -0.39 is 11.6 Å². The van der Waals surface area contributed by atoms with Gasteiger partial charge in [-0.2, -0.15) is 0 Å². The van der Waals surface area contributed by atoms with E-state index in [1.807, 2.05) is 72.8 Å². The number of azide groups is 1. The summed E-state index contributed by atoms with van der Waals surface area (Å²) in [6, 6.07) is 22.6. The van der Waals surface area contributed by atoms with Crippen molar-refractivity contribution in [2.24, 2.45) is 16.0 Å². The van der Waals surface area contributed by atoms with Gasteiger partial charge in [0, 0.05) is 40.9 Å². The number of nitrogens with zero attached hydrogens (tertiary/aromatic N) is 4. The first kappa shape index (κ1) is 29.6. The normalized spacial score (nSPS) is 19.4. The number of carbonyl (C=O) groups excluding carboxylic acids is 1. The Morgan fingerprint density at radius 1 is 1.12 bits per heavy atom. The number of rotatable bonds is 14. The zero-order valence-electron chi connectivity index (χ0n) is 23.1. The van der Waals surface area contributed by atoms with E-state index >= 15 is 0 Å². The molecular weight excluding hydrogens is 600 g/mol. The first-order valence-electron chi connectivity index (χ1n) is 14.0. The number of amides is 1. The maximum absolute atomic E-state index is 14.3. The number of ether oxygens (including phenoxy) is 2. The Labute approximate surface area is 252 Å². The van der Waals surface area contributed by atoms with Gasteiger partial charge >= 0.3 is 0 Å². The highest BCUT2D eigenvalue weighted by Gasteiger charge is 2.54. The largest absolute Gasteiger partial charge is 0.494 e. The molecule has 0 aromatic heterocycles. The molecule has 11 heteroatoms. The summed E-state index contributed by atoms with van der Waals surface area (Å²) in [6.07, 6.45) is 2.26. The maximum Gasteiger partial charge on any atom is 0.266 e. The van der Waals surface area contributed by atoms with Crippen molar-refractivity contribution < 1.29 is 19.4 Å². The molecule has 218 valence electrons. The second-order valence-electron chi connectivity index (χ2n) is 10.4. The van der Waals surface area contributed by atoms with Crippen LogP contribution in [0.15, 0.2) is 87.4 Å². The molecule has 1 amide bonds. The van der Waals surface area contributed by atoms with Gasteiger partial charge in [-0.25, -0.2) is 10.4 Å². The van der Waals surface area contributed by atoms with Gasteiger partial charge in [0.25, 0.3) is 5.91 Å². The van der Waals surface area contributed by atoms with Crippen LogP contribution in [0, 0.1) is 5.92 Å². The van der Waals surface area contributed by atoms with E-state index in [2.05, 4.69) is 36.8 Å². The quantitative estimate of drug-likeness (QED) is 0.0702. The number of hydrogen-bond donors (Lipinski definition) is 3. The molecule has 2 aliphatic rings. The average molecular weight is 634 g/mol. The smallest absolute Gasteiger partial charge is 0.266 e. The van der Waals surface area contributed by atoms with Crippen molar-refractivity contribution in [2.45, 2.75) is 43.9 Å². The molecule has 1 aliphatic heterocycles. The molecule has 3 aromatic carbocycles. The molecule has 10 nitrogen and oxygen atoms in total. The number of aliphatic hydroxyl groups excluding tert-OH is 1. The van der Waals surface area contributed by atoms with Gasteiger partial charge in [-0.05, 0) is 71.3 Å². The van der Waals surface area contributed by atoms with E-state index in [-0.39, 0.29) is 25.5 Å². The van der Waals surface area contributed by atoms with Crippen molar-refractivity contribution in [2.75, 3.05) is 19.8 Å². The molecule has 1 fully saturated rings. The fourth-order valence-corrected chi connectivity index (χ4v) is 5.36. The average Bonchev–Trinajstić information content (AvgIpc) is 3.76. The first-order valence-corrected chi connectivity index (χ1v) is 14.8. The summed E-state index contributed by atoms with van der Waals surface area (Å²) in [5.41, 5.74) is 16.8. The molecule has 0 unspecified atom stereocenters. The second-order valence-corrected chi connectivity index (χ2v) is 11.3. The summed E-state index contributed by atoms with van der Waals surface area (Å²) < 4.78 is 13.2. The summed E-state index contributed by atoms with van der Waals surface area (Å²) in [6.45, 7) is 1.25. The van der Waals surface area contributed by atoms with Crippen LogP contribution in [-0.2, 0) is 22.5 Å². The van der Waals surface area contributed by atoms with Crippen molar-refractivity contribution in [3.63, 3.8) is 0 Å². The molecule has 3 N–H and O–H groups in total. The molecule has 0 spiro atoms. The summed E-state index contributed by atoms with van der Waals surface area (Å²) in [5.74, 6) is 1.22. The van der Waals surface area contributed by atoms with E-state index in [9.17, 15) is 4.79 Å². The molecule has 1 aliphatic carbocycles. The van der Waals surface area contributed by atoms with Crippen molar-refractivity contribution >= 4 is 27.7 Å². The minimum atomic E-state index is -1.39. The Bertz CT molecular complexity index is 1470. The fraction of sp³-hybridized carbons (Fsp3) is 0.355. The summed E-state index contributed by atoms with van der Waals surface area (Å²) in [5, 5.41) is 12.8. The number of benzene rings is 3. The molecule has 5 rings (SSSR count). The monoisotopic (exact) mass is 632 g/mol. The van der Waals surface area contributed by atoms with Crippen molar-refractivity contribution in [3.8, 4) is 5.75 Å². The van der Waals surface area contributed by atoms with Gasteiger partial charge < -0.3 is 14.6 Å². The van der Waals surface area contributed by atoms with Crippen LogP contribution in [0.5, 0.6) is 5.75 Å². The Morgan fingerprint density at radius 2 is 1.86 bits per heavy atom. The molecular formula is C31H33BrN6O4. The van der Waals surface area contributed by atoms with E-state index in [1.54, 1.807) is 0 Å². The summed E-state index contributed by atoms with van der Waals surface area (Å²) >= 11 is 3.65. The van der Waals surface area contributed by atoms with Gasteiger partial charge in [-0.15, -0.1) is 0 Å². The molecule has 1 heterocycles. The Balaban J connectivity index is 1.58. The topological polar surface area (TPSA) is 141 Å². The van der Waals surface area contributed by atoms with Crippen LogP contribution in [-0.4, -0.2) is 42.2 Å². The zero-order chi connectivity index (χ0) is 29.4. The minimum Gasteiger partial charge on any atom is -0.494 e. The highest BCUT2D eigenvalue weighted by atomic mass is 79.9. The molecule has 42 heavy (non-hydrogen) atoms. The maximum atomic E-state index is 14.3. The molecule has 2 atom stereocenters. The number of hydrazine groups is 1. The minimum absolute atomic E-state index is 0.0580. The highest BCUT2D eigenvalue weighted by molar-refractivity contribution is 9.10. The predicted molar refractivity (Wildman–Crippen MR) is 163 cm³/mol. The highest BCUT2D eigenvalue weighted by Crippen LogP contribution is 2.44. The van der Waals surface area contributed by atoms with E-state index in [0.717, 1.165) is 34.0 Å². The van der Waals surface area contributed by atoms with Crippen molar-refractivity contribution in [1.29, 1.82) is 0 Å². The number of aliphatic imine (C=N–C) groups is 1. The van der Waals surface area contributed by atoms with E-state index in [1.165, 1.54) is 0 Å². The molecule has 0 radical (unpaired) electrons. The standard InChI is InChI=1S/C31H33BrN6O4/c32-27-9-4-2-6-23(27)18-31(30(40)37-34-19-21-10-11-21)28(26-8-3-1-7-24(26)20-35-38-33)42-29(36-31)22-12-14-25(15-13-22)41-17-5-16-39/h1-4,6-9,12-15,21,28,34,39H,5,10-11,16-20H2,(H,37,40)/t28-,31-/m0/s1. The lowest BCUT2D eigenvalue weighted by Crippen LogP contribution is -2.54. The van der Waals surface area contributed by atoms with Crippen LogP contribution in [0.3, 0.4) is 0 Å². The van der Waals surface area contributed by atoms with Crippen LogP contribution in [0.4, 0.5) is 0 Å². The van der Waals surface area contributed by atoms with Crippen LogP contribution in [0.25, 0.3) is 10.4 Å². The molecule has 0 bridgehead atoms. The van der Waals surface area contributed by atoms with Gasteiger partial charge in [0.15, 0.2) is 11.6 Å². The van der Waals surface area contributed by atoms with Crippen LogP contribution >= 0.6 is 15.9 Å². The Morgan fingerprint density at radius 3 is 2.57 bits per heavy atom. The Hall–Kier alpha value is -3.89. The van der Waals surface area contributed by atoms with Gasteiger partial charge in [0.05, 0.1) is 13.2 Å². The third kappa shape index (κ3) is 6.94. The number of hydrogen-bond acceptors (Lipinski definition) is 7. The van der Waals surface area contributed by atoms with Gasteiger partial charge in [-0.3, -0.25) is 10.2 Å². The second kappa shape index (κ2) is 13.8. The zero-order valence-corrected chi connectivity index (χ0v) is 24.7. The summed E-state index contributed by atoms with van der Waals surface area (Å²) in [7, 11) is 0. The predicted octanol–water partition coefficient (Wildman–Crippen LogP) is 5.55. The fourth-order valence-electron chi connectivity index (χ4n) is 4.94. The van der Waals surface area contributed by atoms with E-state index in [0.29, 0.717) is 42.7 Å². The SMILES string of the molecule is [N-]=[N+]=NCc1ccccc1[C@@H]1OC(c2ccc(OCCCO)cc2)=N[C@]1(Cc1ccccc1Br)C(=O)NNCC1CC1. The lowest BCUT2D eigenvalue weighted by atomic mass is 9.80. The number of halogens is 1. The molecule has 3 aromatic rings. The number of aliphatic hydroxyl groups is 1.